The third-order valence-corrected chi connectivity index (χ3v) is 4.25. The zero-order valence-corrected chi connectivity index (χ0v) is 15.4. The van der Waals surface area contributed by atoms with Crippen molar-refractivity contribution in [3.05, 3.63) is 81.6 Å². The van der Waals surface area contributed by atoms with Crippen LogP contribution in [0.5, 0.6) is 11.6 Å². The molecule has 0 fully saturated rings. The highest BCUT2D eigenvalue weighted by atomic mass is 35.5. The van der Waals surface area contributed by atoms with Crippen molar-refractivity contribution >= 4 is 39.8 Å². The number of nitro benzene ring substituents is 1. The van der Waals surface area contributed by atoms with Crippen LogP contribution in [0.4, 0.5) is 11.4 Å². The zero-order chi connectivity index (χ0) is 20.4. The average Bonchev–Trinajstić information content (AvgIpc) is 3.14. The van der Waals surface area contributed by atoms with E-state index in [4.69, 9.17) is 16.3 Å². The van der Waals surface area contributed by atoms with Crippen molar-refractivity contribution in [3.8, 4) is 11.6 Å². The summed E-state index contributed by atoms with van der Waals surface area (Å²) in [5.74, 6) is 0.388. The number of aromatic nitrogens is 3. The van der Waals surface area contributed by atoms with Gasteiger partial charge >= 0.3 is 0 Å². The van der Waals surface area contributed by atoms with Crippen LogP contribution in [-0.2, 0) is 0 Å². The van der Waals surface area contributed by atoms with Crippen LogP contribution >= 0.6 is 11.6 Å². The highest BCUT2D eigenvalue weighted by Crippen LogP contribution is 2.24. The van der Waals surface area contributed by atoms with Gasteiger partial charge in [-0.25, -0.2) is 4.98 Å². The van der Waals surface area contributed by atoms with Crippen LogP contribution in [0.3, 0.4) is 0 Å². The van der Waals surface area contributed by atoms with Crippen LogP contribution in [0.15, 0.2) is 60.8 Å². The number of fused-ring (bicyclic) bond motifs is 1. The lowest BCUT2D eigenvalue weighted by atomic mass is 10.2. The number of hydrogen-bond donors (Lipinski definition) is 2. The molecule has 9 nitrogen and oxygen atoms in total. The minimum atomic E-state index is -0.530. The number of aromatic amines is 1. The lowest BCUT2D eigenvalue weighted by molar-refractivity contribution is -0.384. The normalized spacial score (nSPS) is 10.7. The third-order valence-electron chi connectivity index (χ3n) is 4.00. The van der Waals surface area contributed by atoms with Crippen molar-refractivity contribution in [2.24, 2.45) is 0 Å². The zero-order valence-electron chi connectivity index (χ0n) is 14.6. The fourth-order valence-corrected chi connectivity index (χ4v) is 2.74. The summed E-state index contributed by atoms with van der Waals surface area (Å²) >= 11 is 5.83. The maximum Gasteiger partial charge on any atom is 0.276 e. The van der Waals surface area contributed by atoms with Crippen LogP contribution in [-0.4, -0.2) is 26.0 Å². The van der Waals surface area contributed by atoms with Crippen molar-refractivity contribution < 1.29 is 14.5 Å². The topological polar surface area (TPSA) is 123 Å². The molecule has 2 heterocycles. The number of nitrogens with zero attached hydrogens (tertiary/aromatic N) is 3. The van der Waals surface area contributed by atoms with Gasteiger partial charge in [-0.3, -0.25) is 20.0 Å². The predicted molar refractivity (Wildman–Crippen MR) is 106 cm³/mol. The number of non-ortho nitro benzene ring substituents is 1. The molecular weight excluding hydrogens is 398 g/mol. The predicted octanol–water partition coefficient (Wildman–Crippen LogP) is 4.56. The molecule has 10 heteroatoms. The molecule has 0 spiro atoms. The largest absolute Gasteiger partial charge is 0.439 e. The van der Waals surface area contributed by atoms with Crippen LogP contribution < -0.4 is 10.1 Å². The molecule has 0 radical (unpaired) electrons. The van der Waals surface area contributed by atoms with Gasteiger partial charge in [-0.05, 0) is 36.4 Å². The third kappa shape index (κ3) is 3.99. The number of halogens is 1. The van der Waals surface area contributed by atoms with Gasteiger partial charge in [0.1, 0.15) is 5.75 Å². The number of H-pyrrole nitrogens is 1. The van der Waals surface area contributed by atoms with Crippen molar-refractivity contribution in [1.82, 2.24) is 15.2 Å². The van der Waals surface area contributed by atoms with Crippen LogP contribution in [0.2, 0.25) is 5.02 Å². The lowest BCUT2D eigenvalue weighted by Crippen LogP contribution is -2.13. The fraction of sp³-hybridized carbons (Fsp3) is 0. The van der Waals surface area contributed by atoms with E-state index >= 15 is 0 Å². The molecular formula is C19H12ClN5O4. The Morgan fingerprint density at radius 3 is 2.62 bits per heavy atom. The second kappa shape index (κ2) is 7.56. The van der Waals surface area contributed by atoms with E-state index in [-0.39, 0.29) is 11.4 Å². The molecule has 0 aliphatic rings. The molecule has 2 N–H and O–H groups in total. The molecule has 2 aromatic heterocycles. The van der Waals surface area contributed by atoms with Gasteiger partial charge in [-0.15, -0.1) is 0 Å². The number of carbonyl (C=O) groups excluding carboxylic acids is 1. The molecule has 29 heavy (non-hydrogen) atoms. The minimum absolute atomic E-state index is 0.0465. The first-order valence-corrected chi connectivity index (χ1v) is 8.71. The second-order valence-corrected chi connectivity index (χ2v) is 6.39. The number of pyridine rings is 1. The number of amides is 1. The number of benzene rings is 2. The number of ether oxygens (including phenoxy) is 1. The van der Waals surface area contributed by atoms with Crippen LogP contribution in [0, 0.1) is 10.1 Å². The average molecular weight is 410 g/mol. The summed E-state index contributed by atoms with van der Waals surface area (Å²) in [5.41, 5.74) is 0.856. The van der Waals surface area contributed by atoms with Crippen LogP contribution in [0.1, 0.15) is 10.5 Å². The number of nitrogens with one attached hydrogen (secondary N) is 2. The van der Waals surface area contributed by atoms with E-state index in [9.17, 15) is 14.9 Å². The van der Waals surface area contributed by atoms with Crippen molar-refractivity contribution in [3.63, 3.8) is 0 Å². The Labute approximate surface area is 168 Å². The SMILES string of the molecule is O=C(Nc1ccc(Oc2ccc(Cl)cc2)nc1)c1n[nH]c2ccc([N+](=O)[O-])cc12. The van der Waals surface area contributed by atoms with Gasteiger partial charge in [0.2, 0.25) is 5.88 Å². The van der Waals surface area contributed by atoms with E-state index < -0.39 is 10.8 Å². The van der Waals surface area contributed by atoms with Gasteiger partial charge < -0.3 is 10.1 Å². The van der Waals surface area contributed by atoms with E-state index in [1.54, 1.807) is 36.4 Å². The minimum Gasteiger partial charge on any atom is -0.439 e. The molecule has 4 aromatic rings. The van der Waals surface area contributed by atoms with Gasteiger partial charge in [0.05, 0.1) is 22.3 Å². The van der Waals surface area contributed by atoms with Gasteiger partial charge in [-0.2, -0.15) is 5.10 Å². The van der Waals surface area contributed by atoms with Gasteiger partial charge in [0.25, 0.3) is 11.6 Å². The summed E-state index contributed by atoms with van der Waals surface area (Å²) in [6, 6.07) is 14.2. The van der Waals surface area contributed by atoms with Gasteiger partial charge in [0.15, 0.2) is 5.69 Å². The molecule has 0 saturated carbocycles. The fourth-order valence-electron chi connectivity index (χ4n) is 2.62. The van der Waals surface area contributed by atoms with Gasteiger partial charge in [0, 0.05) is 28.6 Å². The maximum absolute atomic E-state index is 12.5. The first kappa shape index (κ1) is 18.4. The number of hydrogen-bond acceptors (Lipinski definition) is 6. The standard InChI is InChI=1S/C19H12ClN5O4/c20-11-1-5-14(6-2-11)29-17-8-3-12(10-21-17)22-19(26)18-15-9-13(25(27)28)4-7-16(15)23-24-18/h1-10H,(H,22,26)(H,23,24). The van der Waals surface area contributed by atoms with E-state index in [2.05, 4.69) is 20.5 Å². The summed E-state index contributed by atoms with van der Waals surface area (Å²) in [7, 11) is 0. The molecule has 2 aromatic carbocycles. The molecule has 0 saturated heterocycles. The van der Waals surface area contributed by atoms with Gasteiger partial charge in [-0.1, -0.05) is 11.6 Å². The van der Waals surface area contributed by atoms with Crippen molar-refractivity contribution in [2.45, 2.75) is 0 Å². The molecule has 1 amide bonds. The summed E-state index contributed by atoms with van der Waals surface area (Å²) in [4.78, 5) is 27.1. The Balaban J connectivity index is 1.50. The highest BCUT2D eigenvalue weighted by molar-refractivity contribution is 6.30. The molecule has 0 unspecified atom stereocenters. The van der Waals surface area contributed by atoms with E-state index in [0.29, 0.717) is 33.2 Å². The number of carbonyl (C=O) groups is 1. The molecule has 0 atom stereocenters. The van der Waals surface area contributed by atoms with E-state index in [0.717, 1.165) is 0 Å². The Hall–Kier alpha value is -3.98. The second-order valence-electron chi connectivity index (χ2n) is 5.95. The van der Waals surface area contributed by atoms with E-state index in [1.165, 1.54) is 24.4 Å². The number of rotatable bonds is 5. The summed E-state index contributed by atoms with van der Waals surface area (Å²) in [5, 5.41) is 21.2. The monoisotopic (exact) mass is 409 g/mol. The summed E-state index contributed by atoms with van der Waals surface area (Å²) in [6.45, 7) is 0. The van der Waals surface area contributed by atoms with E-state index in [1.807, 2.05) is 0 Å². The number of nitro groups is 1. The molecule has 4 rings (SSSR count). The quantitative estimate of drug-likeness (QED) is 0.367. The van der Waals surface area contributed by atoms with Crippen LogP contribution in [0.25, 0.3) is 10.9 Å². The lowest BCUT2D eigenvalue weighted by Gasteiger charge is -2.07. The molecule has 0 bridgehead atoms. The first-order valence-electron chi connectivity index (χ1n) is 8.33. The first-order chi connectivity index (χ1) is 14.0. The molecule has 0 aliphatic carbocycles. The van der Waals surface area contributed by atoms with Crippen molar-refractivity contribution in [1.29, 1.82) is 0 Å². The smallest absolute Gasteiger partial charge is 0.276 e. The summed E-state index contributed by atoms with van der Waals surface area (Å²) < 4.78 is 5.60. The Bertz CT molecular complexity index is 1210. The Morgan fingerprint density at radius 1 is 1.14 bits per heavy atom. The summed E-state index contributed by atoms with van der Waals surface area (Å²) in [6.07, 6.45) is 1.43. The molecule has 0 aliphatic heterocycles. The Kier molecular flexibility index (Phi) is 4.80. The van der Waals surface area contributed by atoms with Crippen molar-refractivity contribution in [2.75, 3.05) is 5.32 Å². The Morgan fingerprint density at radius 2 is 1.93 bits per heavy atom. The molecule has 144 valence electrons. The highest BCUT2D eigenvalue weighted by Gasteiger charge is 2.17. The number of anilines is 1. The maximum atomic E-state index is 12.5.